The Morgan fingerprint density at radius 2 is 1.33 bits per heavy atom. The van der Waals surface area contributed by atoms with Gasteiger partial charge in [-0.3, -0.25) is 0 Å². The second kappa shape index (κ2) is 3.15. The Balaban J connectivity index is 4.38. The molecule has 0 aliphatic heterocycles. The van der Waals surface area contributed by atoms with E-state index in [9.17, 15) is 9.59 Å². The Morgan fingerprint density at radius 3 is 1.33 bits per heavy atom. The second-order valence-corrected chi connectivity index (χ2v) is 11.2. The Hall–Kier alpha value is 0.634. The zero-order chi connectivity index (χ0) is 7.65. The van der Waals surface area contributed by atoms with Crippen LogP contribution >= 0.6 is 18.6 Å². The van der Waals surface area contributed by atoms with Crippen molar-refractivity contribution in [3.05, 3.63) is 0 Å². The molecule has 0 rings (SSSR count). The fourth-order valence-electron chi connectivity index (χ4n) is 0.248. The Morgan fingerprint density at radius 1 is 1.11 bits per heavy atom. The van der Waals surface area contributed by atoms with Crippen LogP contribution < -0.4 is 0 Å². The van der Waals surface area contributed by atoms with Crippen LogP contribution in [0.5, 0.6) is 0 Å². The summed E-state index contributed by atoms with van der Waals surface area (Å²) in [6.07, 6.45) is 0. The van der Waals surface area contributed by atoms with E-state index in [4.69, 9.17) is 18.6 Å². The molecule has 2 nitrogen and oxygen atoms in total. The molecule has 0 amide bonds. The molecule has 0 atom stereocenters. The van der Waals surface area contributed by atoms with Crippen LogP contribution in [0.25, 0.3) is 0 Å². The van der Waals surface area contributed by atoms with Gasteiger partial charge in [-0.15, -0.1) is 0 Å². The molecular formula is C4H6Cl2O2Ti. The van der Waals surface area contributed by atoms with Gasteiger partial charge in [-0.05, 0) is 0 Å². The van der Waals surface area contributed by atoms with Gasteiger partial charge in [0.15, 0.2) is 0 Å². The van der Waals surface area contributed by atoms with Crippen molar-refractivity contribution in [1.29, 1.82) is 0 Å². The average Bonchev–Trinajstić information content (AvgIpc) is 1.65. The SMILES string of the molecule is C[C](=O)[Ti]([Cl])([Cl])[C](C)=O. The summed E-state index contributed by atoms with van der Waals surface area (Å²) in [5, 5.41) is 0. The summed E-state index contributed by atoms with van der Waals surface area (Å²) >= 11 is -3.67. The summed E-state index contributed by atoms with van der Waals surface area (Å²) in [7, 11) is 10.9. The molecule has 0 aromatic carbocycles. The van der Waals surface area contributed by atoms with Crippen molar-refractivity contribution >= 4 is 26.8 Å². The normalized spacial score (nSPS) is 11.1. The number of hydrogen-bond donors (Lipinski definition) is 0. The maximum absolute atomic E-state index is 10.5. The van der Waals surface area contributed by atoms with Crippen LogP contribution in [-0.4, -0.2) is 8.18 Å². The van der Waals surface area contributed by atoms with E-state index in [1.54, 1.807) is 0 Å². The first kappa shape index (κ1) is 9.63. The van der Waals surface area contributed by atoms with Gasteiger partial charge >= 0.3 is 64.7 Å². The first-order chi connectivity index (χ1) is 3.89. The number of rotatable bonds is 2. The van der Waals surface area contributed by atoms with E-state index in [2.05, 4.69) is 0 Å². The predicted molar refractivity (Wildman–Crippen MR) is 33.1 cm³/mol. The summed E-state index contributed by atoms with van der Waals surface area (Å²) in [4.78, 5) is 21.0. The van der Waals surface area contributed by atoms with Crippen LogP contribution in [-0.2, 0) is 24.1 Å². The summed E-state index contributed by atoms with van der Waals surface area (Å²) in [5.74, 6) is 0. The fraction of sp³-hybridized carbons (Fsp3) is 0.500. The molecule has 0 fully saturated rings. The molecule has 0 bridgehead atoms. The van der Waals surface area contributed by atoms with Crippen molar-refractivity contribution < 1.29 is 24.1 Å². The first-order valence-electron chi connectivity index (χ1n) is 2.29. The monoisotopic (exact) mass is 204 g/mol. The second-order valence-electron chi connectivity index (χ2n) is 1.69. The quantitative estimate of drug-likeness (QED) is 0.640. The Labute approximate surface area is 64.6 Å². The third-order valence-electron chi connectivity index (χ3n) is 0.884. The van der Waals surface area contributed by atoms with Crippen molar-refractivity contribution in [2.24, 2.45) is 0 Å². The van der Waals surface area contributed by atoms with Gasteiger partial charge in [0.25, 0.3) is 0 Å². The molecule has 5 heteroatoms. The summed E-state index contributed by atoms with van der Waals surface area (Å²) in [6, 6.07) is 0. The third-order valence-corrected chi connectivity index (χ3v) is 8.04. The molecule has 0 heterocycles. The van der Waals surface area contributed by atoms with Gasteiger partial charge in [0.1, 0.15) is 0 Å². The van der Waals surface area contributed by atoms with E-state index in [1.807, 2.05) is 0 Å². The average molecular weight is 205 g/mol. The topological polar surface area (TPSA) is 34.1 Å². The number of hydrogen-bond acceptors (Lipinski definition) is 2. The van der Waals surface area contributed by atoms with Gasteiger partial charge in [-0.2, -0.15) is 0 Å². The van der Waals surface area contributed by atoms with E-state index in [1.165, 1.54) is 13.8 Å². The predicted octanol–water partition coefficient (Wildman–Crippen LogP) is 1.54. The minimum atomic E-state index is -3.67. The zero-order valence-corrected chi connectivity index (χ0v) is 8.15. The molecular weight excluding hydrogens is 199 g/mol. The summed E-state index contributed by atoms with van der Waals surface area (Å²) in [6.45, 7) is 2.50. The van der Waals surface area contributed by atoms with Gasteiger partial charge in [0.05, 0.1) is 0 Å². The molecule has 0 unspecified atom stereocenters. The maximum atomic E-state index is 10.5. The molecule has 0 N–H and O–H groups in total. The van der Waals surface area contributed by atoms with Crippen molar-refractivity contribution in [2.75, 3.05) is 0 Å². The number of carbonyl (C=O) groups is 2. The van der Waals surface area contributed by atoms with Gasteiger partial charge in [-0.25, -0.2) is 0 Å². The summed E-state index contributed by atoms with van der Waals surface area (Å²) < 4.78 is -0.711. The first-order valence-corrected chi connectivity index (χ1v) is 8.14. The molecule has 52 valence electrons. The van der Waals surface area contributed by atoms with Crippen LogP contribution in [0.1, 0.15) is 13.8 Å². The van der Waals surface area contributed by atoms with Crippen molar-refractivity contribution in [1.82, 2.24) is 0 Å². The van der Waals surface area contributed by atoms with E-state index in [0.29, 0.717) is 0 Å². The van der Waals surface area contributed by atoms with Crippen LogP contribution in [0.4, 0.5) is 0 Å². The van der Waals surface area contributed by atoms with Crippen LogP contribution in [0.3, 0.4) is 0 Å². The molecule has 0 aromatic heterocycles. The number of carbonyl (C=O) groups excluding carboxylic acids is 2. The molecule has 0 saturated carbocycles. The van der Waals surface area contributed by atoms with Gasteiger partial charge in [0.2, 0.25) is 0 Å². The third kappa shape index (κ3) is 2.38. The van der Waals surface area contributed by atoms with E-state index in [0.717, 1.165) is 0 Å². The zero-order valence-electron chi connectivity index (χ0n) is 5.07. The van der Waals surface area contributed by atoms with Crippen LogP contribution in [0.2, 0.25) is 0 Å². The van der Waals surface area contributed by atoms with Crippen molar-refractivity contribution in [2.45, 2.75) is 13.8 Å². The standard InChI is InChI=1S/2C2H3O.2ClH.Ti/c2*1-2-3;;;/h2*1H3;2*1H;/q;;;;+2/p-2. The van der Waals surface area contributed by atoms with Crippen LogP contribution in [0.15, 0.2) is 0 Å². The summed E-state index contributed by atoms with van der Waals surface area (Å²) in [5.41, 5.74) is 0. The van der Waals surface area contributed by atoms with Crippen LogP contribution in [0, 0.1) is 0 Å². The fourth-order valence-corrected chi connectivity index (χ4v) is 1.02. The van der Waals surface area contributed by atoms with Crippen molar-refractivity contribution in [3.63, 3.8) is 0 Å². The van der Waals surface area contributed by atoms with E-state index < -0.39 is 14.5 Å². The Bertz CT molecular complexity index is 139. The van der Waals surface area contributed by atoms with Gasteiger partial charge < -0.3 is 0 Å². The molecule has 0 saturated heterocycles. The molecule has 0 aliphatic carbocycles. The van der Waals surface area contributed by atoms with E-state index >= 15 is 0 Å². The van der Waals surface area contributed by atoms with Crippen molar-refractivity contribution in [3.8, 4) is 0 Å². The number of halogens is 2. The minimum absolute atomic E-state index is 0.356. The Kier molecular flexibility index (Phi) is 3.37. The molecule has 9 heavy (non-hydrogen) atoms. The molecule has 0 aromatic rings. The molecule has 0 radical (unpaired) electrons. The molecule has 0 spiro atoms. The molecule has 0 aliphatic rings. The van der Waals surface area contributed by atoms with Gasteiger partial charge in [0, 0.05) is 0 Å². The van der Waals surface area contributed by atoms with E-state index in [-0.39, 0.29) is 8.18 Å². The van der Waals surface area contributed by atoms with Gasteiger partial charge in [-0.1, -0.05) is 0 Å².